The fourth-order valence-corrected chi connectivity index (χ4v) is 2.60. The molecule has 1 aromatic rings. The third kappa shape index (κ3) is 3.61. The number of carbonyl (C=O) groups is 1. The van der Waals surface area contributed by atoms with Gasteiger partial charge in [-0.15, -0.1) is 0 Å². The van der Waals surface area contributed by atoms with Crippen LogP contribution >= 0.6 is 11.6 Å². The van der Waals surface area contributed by atoms with E-state index < -0.39 is 11.7 Å². The topological polar surface area (TPSA) is 23.6 Å². The molecule has 7 heteroatoms. The summed E-state index contributed by atoms with van der Waals surface area (Å²) in [5, 5.41) is 0.0610. The van der Waals surface area contributed by atoms with Gasteiger partial charge in [0, 0.05) is 43.3 Å². The van der Waals surface area contributed by atoms with Crippen LogP contribution in [-0.2, 0) is 11.0 Å². The van der Waals surface area contributed by atoms with Gasteiger partial charge in [-0.05, 0) is 18.2 Å². The molecule has 0 aliphatic carbocycles. The second-order valence-electron chi connectivity index (χ2n) is 4.88. The molecule has 1 aliphatic heterocycles. The van der Waals surface area contributed by atoms with E-state index in [1.165, 1.54) is 12.1 Å². The Kier molecular flexibility index (Phi) is 4.66. The molecule has 3 nitrogen and oxygen atoms in total. The van der Waals surface area contributed by atoms with Crippen LogP contribution in [0.25, 0.3) is 0 Å². The van der Waals surface area contributed by atoms with E-state index in [-0.39, 0.29) is 16.6 Å². The highest BCUT2D eigenvalue weighted by molar-refractivity contribution is 6.30. The van der Waals surface area contributed by atoms with Gasteiger partial charge in [-0.25, -0.2) is 0 Å². The number of hydrogen-bond acceptors (Lipinski definition) is 2. The molecular weight excluding hydrogens is 305 g/mol. The van der Waals surface area contributed by atoms with E-state index in [1.807, 2.05) is 0 Å². The molecule has 1 heterocycles. The zero-order chi connectivity index (χ0) is 15.6. The third-order valence-electron chi connectivity index (χ3n) is 3.54. The molecule has 21 heavy (non-hydrogen) atoms. The van der Waals surface area contributed by atoms with E-state index >= 15 is 0 Å². The molecular formula is C14H16ClF3N2O. The van der Waals surface area contributed by atoms with Gasteiger partial charge in [0.05, 0.1) is 5.56 Å². The Bertz CT molecular complexity index is 525. The summed E-state index contributed by atoms with van der Waals surface area (Å²) in [5.74, 6) is 0.0294. The Morgan fingerprint density at radius 3 is 2.38 bits per heavy atom. The Labute approximate surface area is 126 Å². The third-order valence-corrected chi connectivity index (χ3v) is 3.77. The van der Waals surface area contributed by atoms with Gasteiger partial charge in [-0.3, -0.25) is 4.79 Å². The van der Waals surface area contributed by atoms with E-state index in [2.05, 4.69) is 0 Å². The number of halogens is 4. The summed E-state index contributed by atoms with van der Waals surface area (Å²) in [4.78, 5) is 14.9. The normalized spacial score (nSPS) is 16.2. The van der Waals surface area contributed by atoms with Crippen LogP contribution in [-0.4, -0.2) is 37.0 Å². The van der Waals surface area contributed by atoms with Crippen LogP contribution in [0.5, 0.6) is 0 Å². The first-order chi connectivity index (χ1) is 9.82. The number of rotatable bonds is 2. The summed E-state index contributed by atoms with van der Waals surface area (Å²) < 4.78 is 39.3. The molecule has 0 saturated carbocycles. The molecule has 1 aliphatic rings. The van der Waals surface area contributed by atoms with Crippen molar-refractivity contribution in [1.29, 1.82) is 0 Å². The standard InChI is InChI=1S/C14H16ClF3N2O/c1-2-13(21)20-7-5-19(6-8-20)12-4-3-10(15)9-11(12)14(16,17)18/h3-4,9H,2,5-8H2,1H3. The molecule has 0 aromatic heterocycles. The van der Waals surface area contributed by atoms with Crippen molar-refractivity contribution in [3.05, 3.63) is 28.8 Å². The molecule has 1 fully saturated rings. The monoisotopic (exact) mass is 320 g/mol. The van der Waals surface area contributed by atoms with Gasteiger partial charge in [0.15, 0.2) is 0 Å². The van der Waals surface area contributed by atoms with Crippen molar-refractivity contribution in [2.75, 3.05) is 31.1 Å². The summed E-state index contributed by atoms with van der Waals surface area (Å²) in [7, 11) is 0. The van der Waals surface area contributed by atoms with E-state index in [1.54, 1.807) is 16.7 Å². The quantitative estimate of drug-likeness (QED) is 0.833. The molecule has 116 valence electrons. The number of carbonyl (C=O) groups excluding carboxylic acids is 1. The van der Waals surface area contributed by atoms with Crippen LogP contribution in [0.3, 0.4) is 0 Å². The van der Waals surface area contributed by atoms with Gasteiger partial charge >= 0.3 is 6.18 Å². The summed E-state index contributed by atoms with van der Waals surface area (Å²) in [6.07, 6.45) is -4.04. The molecule has 2 rings (SSSR count). The van der Waals surface area contributed by atoms with E-state index in [4.69, 9.17) is 11.6 Å². The number of benzene rings is 1. The lowest BCUT2D eigenvalue weighted by Gasteiger charge is -2.37. The number of piperazine rings is 1. The zero-order valence-corrected chi connectivity index (χ0v) is 12.3. The fraction of sp³-hybridized carbons (Fsp3) is 0.500. The van der Waals surface area contributed by atoms with Gasteiger partial charge in [-0.2, -0.15) is 13.2 Å². The number of anilines is 1. The lowest BCUT2D eigenvalue weighted by molar-refractivity contribution is -0.137. The van der Waals surface area contributed by atoms with Gasteiger partial charge in [0.2, 0.25) is 5.91 Å². The number of nitrogens with zero attached hydrogens (tertiary/aromatic N) is 2. The highest BCUT2D eigenvalue weighted by Gasteiger charge is 2.36. The van der Waals surface area contributed by atoms with Crippen molar-refractivity contribution < 1.29 is 18.0 Å². The van der Waals surface area contributed by atoms with Crippen LogP contribution in [0.15, 0.2) is 18.2 Å². The number of hydrogen-bond donors (Lipinski definition) is 0. The summed E-state index contributed by atoms with van der Waals surface area (Å²) in [5.41, 5.74) is -0.610. The minimum absolute atomic E-state index is 0.0294. The van der Waals surface area contributed by atoms with Crippen molar-refractivity contribution in [2.45, 2.75) is 19.5 Å². The molecule has 1 aromatic carbocycles. The maximum absolute atomic E-state index is 13.1. The molecule has 1 saturated heterocycles. The highest BCUT2D eigenvalue weighted by Crippen LogP contribution is 2.38. The second kappa shape index (κ2) is 6.13. The van der Waals surface area contributed by atoms with E-state index in [0.717, 1.165) is 6.07 Å². The second-order valence-corrected chi connectivity index (χ2v) is 5.32. The SMILES string of the molecule is CCC(=O)N1CCN(c2ccc(Cl)cc2C(F)(F)F)CC1. The molecule has 0 bridgehead atoms. The average molecular weight is 321 g/mol. The fourth-order valence-electron chi connectivity index (χ4n) is 2.43. The molecule has 0 spiro atoms. The lowest BCUT2D eigenvalue weighted by Crippen LogP contribution is -2.49. The van der Waals surface area contributed by atoms with E-state index in [0.29, 0.717) is 32.6 Å². The molecule has 0 N–H and O–H groups in total. The number of amides is 1. The van der Waals surface area contributed by atoms with Crippen molar-refractivity contribution in [3.63, 3.8) is 0 Å². The Balaban J connectivity index is 2.19. The first-order valence-electron chi connectivity index (χ1n) is 6.72. The highest BCUT2D eigenvalue weighted by atomic mass is 35.5. The average Bonchev–Trinajstić information content (AvgIpc) is 2.45. The lowest BCUT2D eigenvalue weighted by atomic mass is 10.1. The number of alkyl halides is 3. The summed E-state index contributed by atoms with van der Waals surface area (Å²) in [6, 6.07) is 3.79. The summed E-state index contributed by atoms with van der Waals surface area (Å²) >= 11 is 5.67. The van der Waals surface area contributed by atoms with Crippen molar-refractivity contribution >= 4 is 23.2 Å². The van der Waals surface area contributed by atoms with Crippen molar-refractivity contribution in [2.24, 2.45) is 0 Å². The van der Waals surface area contributed by atoms with Crippen LogP contribution < -0.4 is 4.90 Å². The molecule has 0 atom stereocenters. The maximum atomic E-state index is 13.1. The predicted molar refractivity (Wildman–Crippen MR) is 75.5 cm³/mol. The smallest absolute Gasteiger partial charge is 0.367 e. The van der Waals surface area contributed by atoms with Gasteiger partial charge in [0.1, 0.15) is 0 Å². The minimum atomic E-state index is -4.45. The van der Waals surface area contributed by atoms with Crippen molar-refractivity contribution in [1.82, 2.24) is 4.90 Å². The molecule has 0 unspecified atom stereocenters. The van der Waals surface area contributed by atoms with Crippen LogP contribution in [0.4, 0.5) is 18.9 Å². The predicted octanol–water partition coefficient (Wildman–Crippen LogP) is 3.42. The maximum Gasteiger partial charge on any atom is 0.418 e. The summed E-state index contributed by atoms with van der Waals surface area (Å²) in [6.45, 7) is 3.42. The van der Waals surface area contributed by atoms with Gasteiger partial charge in [-0.1, -0.05) is 18.5 Å². The van der Waals surface area contributed by atoms with Crippen LogP contribution in [0, 0.1) is 0 Å². The molecule has 0 radical (unpaired) electrons. The van der Waals surface area contributed by atoms with Gasteiger partial charge < -0.3 is 9.80 Å². The molecule has 1 amide bonds. The Hall–Kier alpha value is -1.43. The van der Waals surface area contributed by atoms with Crippen LogP contribution in [0.2, 0.25) is 5.02 Å². The minimum Gasteiger partial charge on any atom is -0.367 e. The van der Waals surface area contributed by atoms with Crippen molar-refractivity contribution in [3.8, 4) is 0 Å². The van der Waals surface area contributed by atoms with Gasteiger partial charge in [0.25, 0.3) is 0 Å². The van der Waals surface area contributed by atoms with Crippen LogP contribution in [0.1, 0.15) is 18.9 Å². The Morgan fingerprint density at radius 1 is 1.24 bits per heavy atom. The zero-order valence-electron chi connectivity index (χ0n) is 11.6. The first kappa shape index (κ1) is 15.9. The Morgan fingerprint density at radius 2 is 1.86 bits per heavy atom. The first-order valence-corrected chi connectivity index (χ1v) is 7.10. The van der Waals surface area contributed by atoms with E-state index in [9.17, 15) is 18.0 Å². The largest absolute Gasteiger partial charge is 0.418 e.